The number of rotatable bonds is 9. The zero-order chi connectivity index (χ0) is 23.5. The molecule has 2 aliphatic rings. The van der Waals surface area contributed by atoms with E-state index in [4.69, 9.17) is 24.2 Å². The van der Waals surface area contributed by atoms with E-state index in [-0.39, 0.29) is 18.4 Å². The second-order valence-corrected chi connectivity index (χ2v) is 8.72. The first-order chi connectivity index (χ1) is 16.6. The number of Topliss-reactive ketones (excluding diaryl/α,β-unsaturated/α-hetero) is 1. The molecule has 0 atom stereocenters. The van der Waals surface area contributed by atoms with E-state index >= 15 is 0 Å². The lowest BCUT2D eigenvalue weighted by atomic mass is 10.1. The number of likely N-dealkylation sites (N-methyl/N-ethyl adjacent to an activating group) is 1. The summed E-state index contributed by atoms with van der Waals surface area (Å²) in [6.45, 7) is 1.48. The second kappa shape index (κ2) is 9.77. The lowest BCUT2D eigenvalue weighted by Crippen LogP contribution is -2.38. The van der Waals surface area contributed by atoms with Gasteiger partial charge in [-0.3, -0.25) is 9.78 Å². The minimum atomic E-state index is 0.0783. The van der Waals surface area contributed by atoms with E-state index in [2.05, 4.69) is 4.98 Å². The smallest absolute Gasteiger partial charge is 0.180 e. The first-order valence-electron chi connectivity index (χ1n) is 11.6. The number of hydrogen-bond acceptors (Lipinski definition) is 8. The predicted molar refractivity (Wildman–Crippen MR) is 127 cm³/mol. The summed E-state index contributed by atoms with van der Waals surface area (Å²) in [5, 5.41) is 0. The zero-order valence-electron chi connectivity index (χ0n) is 19.5. The number of hydrogen-bond donors (Lipinski definition) is 0. The highest BCUT2D eigenvalue weighted by Gasteiger charge is 2.24. The van der Waals surface area contributed by atoms with Crippen LogP contribution in [0.4, 0.5) is 5.82 Å². The highest BCUT2D eigenvalue weighted by Crippen LogP contribution is 2.31. The molecule has 1 fully saturated rings. The normalized spacial score (nSPS) is 14.9. The third-order valence-corrected chi connectivity index (χ3v) is 6.12. The number of benzene rings is 1. The Morgan fingerprint density at radius 2 is 1.94 bits per heavy atom. The lowest BCUT2D eigenvalue weighted by Gasteiger charge is -2.26. The van der Waals surface area contributed by atoms with E-state index in [0.29, 0.717) is 31.2 Å². The molecule has 8 heteroatoms. The fraction of sp³-hybridized carbons (Fsp3) is 0.385. The Hall–Kier alpha value is -3.52. The van der Waals surface area contributed by atoms with Gasteiger partial charge in [0.15, 0.2) is 11.6 Å². The van der Waals surface area contributed by atoms with E-state index in [1.54, 1.807) is 13.3 Å². The van der Waals surface area contributed by atoms with E-state index in [1.165, 1.54) is 0 Å². The van der Waals surface area contributed by atoms with Crippen molar-refractivity contribution in [3.8, 4) is 23.0 Å². The lowest BCUT2D eigenvalue weighted by molar-refractivity contribution is -0.117. The number of ether oxygens (including phenoxy) is 3. The Morgan fingerprint density at radius 1 is 1.12 bits per heavy atom. The van der Waals surface area contributed by atoms with Crippen LogP contribution in [0.3, 0.4) is 0 Å². The van der Waals surface area contributed by atoms with Gasteiger partial charge in [0.25, 0.3) is 0 Å². The number of anilines is 1. The van der Waals surface area contributed by atoms with Gasteiger partial charge in [-0.1, -0.05) is 12.1 Å². The van der Waals surface area contributed by atoms with Gasteiger partial charge in [0.05, 0.1) is 26.9 Å². The first kappa shape index (κ1) is 22.3. The molecule has 0 unspecified atom stereocenters. The molecule has 5 rings (SSSR count). The maximum atomic E-state index is 12.8. The van der Waals surface area contributed by atoms with Crippen LogP contribution >= 0.6 is 0 Å². The van der Waals surface area contributed by atoms with E-state index in [0.717, 1.165) is 53.4 Å². The average molecular weight is 461 g/mol. The van der Waals surface area contributed by atoms with Gasteiger partial charge in [-0.15, -0.1) is 0 Å². The number of aryl methyl sites for hydroxylation is 1. The predicted octanol–water partition coefficient (Wildman–Crippen LogP) is 3.06. The molecule has 2 aromatic heterocycles. The number of ketones is 1. The molecule has 1 aromatic carbocycles. The van der Waals surface area contributed by atoms with Crippen LogP contribution in [0.15, 0.2) is 42.6 Å². The summed E-state index contributed by atoms with van der Waals surface area (Å²) >= 11 is 0. The van der Waals surface area contributed by atoms with Gasteiger partial charge in [0.1, 0.15) is 29.1 Å². The molecule has 1 aliphatic carbocycles. The molecule has 34 heavy (non-hydrogen) atoms. The standard InChI is InChI=1S/C26H28N4O4/c1-30(14-18(31)12-17-6-8-19(32-2)9-7-17)26-22-4-3-5-23(22)28-25(29-26)24-13-20(10-11-27-24)34-21-15-33-16-21/h6-11,13,21H,3-5,12,14-16H2,1-2H3. The third kappa shape index (κ3) is 4.87. The second-order valence-electron chi connectivity index (χ2n) is 8.72. The first-order valence-corrected chi connectivity index (χ1v) is 11.6. The van der Waals surface area contributed by atoms with Crippen molar-refractivity contribution in [3.05, 3.63) is 59.4 Å². The molecule has 3 aromatic rings. The van der Waals surface area contributed by atoms with Gasteiger partial charge in [0, 0.05) is 37.0 Å². The monoisotopic (exact) mass is 460 g/mol. The van der Waals surface area contributed by atoms with Crippen molar-refractivity contribution in [1.29, 1.82) is 0 Å². The number of pyridine rings is 1. The molecular formula is C26H28N4O4. The molecule has 3 heterocycles. The van der Waals surface area contributed by atoms with Gasteiger partial charge >= 0.3 is 0 Å². The maximum Gasteiger partial charge on any atom is 0.180 e. The van der Waals surface area contributed by atoms with Crippen molar-refractivity contribution in [1.82, 2.24) is 15.0 Å². The van der Waals surface area contributed by atoms with Crippen LogP contribution in [-0.4, -0.2) is 60.8 Å². The number of carbonyl (C=O) groups is 1. The Morgan fingerprint density at radius 3 is 2.68 bits per heavy atom. The number of fused-ring (bicyclic) bond motifs is 1. The van der Waals surface area contributed by atoms with Crippen molar-refractivity contribution < 1.29 is 19.0 Å². The van der Waals surface area contributed by atoms with Crippen molar-refractivity contribution >= 4 is 11.6 Å². The van der Waals surface area contributed by atoms with Crippen molar-refractivity contribution in [3.63, 3.8) is 0 Å². The van der Waals surface area contributed by atoms with Crippen LogP contribution < -0.4 is 14.4 Å². The highest BCUT2D eigenvalue weighted by atomic mass is 16.6. The number of aromatic nitrogens is 3. The highest BCUT2D eigenvalue weighted by molar-refractivity contribution is 5.85. The van der Waals surface area contributed by atoms with Crippen molar-refractivity contribution in [2.75, 3.05) is 38.8 Å². The van der Waals surface area contributed by atoms with Gasteiger partial charge < -0.3 is 19.1 Å². The summed E-state index contributed by atoms with van der Waals surface area (Å²) in [7, 11) is 3.55. The van der Waals surface area contributed by atoms with Gasteiger partial charge in [-0.05, 0) is 43.0 Å². The third-order valence-electron chi connectivity index (χ3n) is 6.12. The Labute approximate surface area is 198 Å². The van der Waals surface area contributed by atoms with Crippen LogP contribution in [0.1, 0.15) is 23.2 Å². The summed E-state index contributed by atoms with van der Waals surface area (Å²) < 4.78 is 16.3. The molecular weight excluding hydrogens is 432 g/mol. The Kier molecular flexibility index (Phi) is 6.40. The van der Waals surface area contributed by atoms with Crippen LogP contribution in [0, 0.1) is 0 Å². The van der Waals surface area contributed by atoms with Gasteiger partial charge in [-0.25, -0.2) is 9.97 Å². The summed E-state index contributed by atoms with van der Waals surface area (Å²) in [5.74, 6) is 2.99. The van der Waals surface area contributed by atoms with Crippen molar-refractivity contribution in [2.24, 2.45) is 0 Å². The average Bonchev–Trinajstić information content (AvgIpc) is 3.30. The molecule has 0 N–H and O–H groups in total. The maximum absolute atomic E-state index is 12.8. The number of carbonyl (C=O) groups excluding carboxylic acids is 1. The largest absolute Gasteiger partial charge is 0.497 e. The molecule has 1 saturated heterocycles. The molecule has 176 valence electrons. The van der Waals surface area contributed by atoms with E-state index < -0.39 is 0 Å². The van der Waals surface area contributed by atoms with Crippen LogP contribution in [0.5, 0.6) is 11.5 Å². The topological polar surface area (TPSA) is 86.7 Å². The minimum Gasteiger partial charge on any atom is -0.497 e. The van der Waals surface area contributed by atoms with Crippen LogP contribution in [0.25, 0.3) is 11.5 Å². The molecule has 8 nitrogen and oxygen atoms in total. The molecule has 1 aliphatic heterocycles. The molecule has 0 radical (unpaired) electrons. The summed E-state index contributed by atoms with van der Waals surface area (Å²) in [4.78, 5) is 28.9. The number of methoxy groups -OCH3 is 1. The van der Waals surface area contributed by atoms with E-state index in [1.807, 2.05) is 48.3 Å². The van der Waals surface area contributed by atoms with Crippen LogP contribution in [0.2, 0.25) is 0 Å². The summed E-state index contributed by atoms with van der Waals surface area (Å²) in [6.07, 6.45) is 5.01. The number of nitrogens with zero attached hydrogens (tertiary/aromatic N) is 4. The van der Waals surface area contributed by atoms with Crippen LogP contribution in [-0.2, 0) is 28.8 Å². The summed E-state index contributed by atoms with van der Waals surface area (Å²) in [6, 6.07) is 11.3. The summed E-state index contributed by atoms with van der Waals surface area (Å²) in [5.41, 5.74) is 3.79. The molecule has 0 bridgehead atoms. The fourth-order valence-corrected chi connectivity index (χ4v) is 4.29. The quantitative estimate of drug-likeness (QED) is 0.482. The van der Waals surface area contributed by atoms with E-state index in [9.17, 15) is 4.79 Å². The minimum absolute atomic E-state index is 0.0783. The molecule has 0 amide bonds. The Bertz CT molecular complexity index is 1180. The Balaban J connectivity index is 1.35. The fourth-order valence-electron chi connectivity index (χ4n) is 4.29. The molecule has 0 saturated carbocycles. The SMILES string of the molecule is COc1ccc(CC(=O)CN(C)c2nc(-c3cc(OC4COC4)ccn3)nc3c2CCC3)cc1. The molecule has 0 spiro atoms. The van der Waals surface area contributed by atoms with Gasteiger partial charge in [-0.2, -0.15) is 0 Å². The van der Waals surface area contributed by atoms with Crippen molar-refractivity contribution in [2.45, 2.75) is 31.8 Å². The zero-order valence-corrected chi connectivity index (χ0v) is 19.5. The van der Waals surface area contributed by atoms with Gasteiger partial charge in [0.2, 0.25) is 0 Å².